The Kier molecular flexibility index (Phi) is 3.85. The Labute approximate surface area is 116 Å². The number of rotatable bonds is 3. The number of aromatic nitrogens is 3. The van der Waals surface area contributed by atoms with Crippen molar-refractivity contribution in [1.29, 1.82) is 0 Å². The molecule has 2 aromatic rings. The smallest absolute Gasteiger partial charge is 0.151 e. The predicted octanol–water partition coefficient (Wildman–Crippen LogP) is 2.48. The van der Waals surface area contributed by atoms with Crippen molar-refractivity contribution in [3.05, 3.63) is 40.6 Å². The van der Waals surface area contributed by atoms with Crippen molar-refractivity contribution < 1.29 is 5.11 Å². The number of aryl methyl sites for hydroxylation is 2. The second kappa shape index (κ2) is 5.40. The number of nitrogens with zero attached hydrogens (tertiary/aromatic N) is 4. The topological polar surface area (TPSA) is 62.1 Å². The van der Waals surface area contributed by atoms with Crippen LogP contribution in [0.1, 0.15) is 17.2 Å². The highest BCUT2D eigenvalue weighted by Crippen LogP contribution is 2.26. The van der Waals surface area contributed by atoms with Gasteiger partial charge in [-0.2, -0.15) is 0 Å². The van der Waals surface area contributed by atoms with Gasteiger partial charge >= 0.3 is 0 Å². The van der Waals surface area contributed by atoms with Crippen molar-refractivity contribution in [2.24, 2.45) is 0 Å². The molecule has 0 saturated carbocycles. The van der Waals surface area contributed by atoms with Gasteiger partial charge in [-0.25, -0.2) is 9.97 Å². The van der Waals surface area contributed by atoms with Gasteiger partial charge in [0.2, 0.25) is 0 Å². The molecule has 0 aliphatic heterocycles. The Hall–Kier alpha value is -1.88. The van der Waals surface area contributed by atoms with Crippen molar-refractivity contribution in [2.75, 3.05) is 11.9 Å². The zero-order valence-corrected chi connectivity index (χ0v) is 11.8. The zero-order valence-electron chi connectivity index (χ0n) is 11.1. The van der Waals surface area contributed by atoms with Gasteiger partial charge in [0.25, 0.3) is 0 Å². The molecule has 0 amide bonds. The van der Waals surface area contributed by atoms with Gasteiger partial charge in [0.05, 0.1) is 24.1 Å². The molecule has 6 heteroatoms. The van der Waals surface area contributed by atoms with Crippen molar-refractivity contribution in [3.8, 4) is 5.75 Å². The molecule has 0 fully saturated rings. The summed E-state index contributed by atoms with van der Waals surface area (Å²) < 4.78 is 0. The standard InChI is InChI=1S/C13H15ClN4O/c1-8-12(14)13(17-9(2)16-8)18(3)7-10-4-5-11(19)6-15-10/h4-6,19H,7H2,1-3H3. The van der Waals surface area contributed by atoms with Gasteiger partial charge in [0, 0.05) is 7.05 Å². The third kappa shape index (κ3) is 3.12. The average molecular weight is 279 g/mol. The van der Waals surface area contributed by atoms with Gasteiger partial charge in [-0.3, -0.25) is 4.98 Å². The van der Waals surface area contributed by atoms with E-state index in [-0.39, 0.29) is 5.75 Å². The molecule has 0 atom stereocenters. The van der Waals surface area contributed by atoms with Crippen molar-refractivity contribution in [2.45, 2.75) is 20.4 Å². The minimum absolute atomic E-state index is 0.151. The normalized spacial score (nSPS) is 10.5. The van der Waals surface area contributed by atoms with Crippen LogP contribution in [-0.2, 0) is 6.54 Å². The Morgan fingerprint density at radius 1 is 1.26 bits per heavy atom. The van der Waals surface area contributed by atoms with Crippen LogP contribution in [0.15, 0.2) is 18.3 Å². The summed E-state index contributed by atoms with van der Waals surface area (Å²) >= 11 is 6.22. The first-order valence-corrected chi connectivity index (χ1v) is 6.21. The Morgan fingerprint density at radius 3 is 2.63 bits per heavy atom. The van der Waals surface area contributed by atoms with Gasteiger partial charge in [0.1, 0.15) is 16.6 Å². The summed E-state index contributed by atoms with van der Waals surface area (Å²) in [6.45, 7) is 4.24. The van der Waals surface area contributed by atoms with Crippen LogP contribution in [0.25, 0.3) is 0 Å². The van der Waals surface area contributed by atoms with E-state index < -0.39 is 0 Å². The average Bonchev–Trinajstić information content (AvgIpc) is 2.36. The maximum absolute atomic E-state index is 9.21. The van der Waals surface area contributed by atoms with E-state index in [2.05, 4.69) is 15.0 Å². The van der Waals surface area contributed by atoms with Crippen LogP contribution >= 0.6 is 11.6 Å². The molecule has 0 radical (unpaired) electrons. The summed E-state index contributed by atoms with van der Waals surface area (Å²) in [4.78, 5) is 14.6. The zero-order chi connectivity index (χ0) is 14.0. The first-order chi connectivity index (χ1) is 8.97. The molecule has 19 heavy (non-hydrogen) atoms. The molecule has 2 heterocycles. The first-order valence-electron chi connectivity index (χ1n) is 5.83. The summed E-state index contributed by atoms with van der Waals surface area (Å²) in [6, 6.07) is 3.37. The third-order valence-electron chi connectivity index (χ3n) is 2.68. The van der Waals surface area contributed by atoms with Crippen LogP contribution in [0, 0.1) is 13.8 Å². The van der Waals surface area contributed by atoms with Crippen LogP contribution in [0.5, 0.6) is 5.75 Å². The first kappa shape index (κ1) is 13.5. The van der Waals surface area contributed by atoms with E-state index in [0.717, 1.165) is 11.4 Å². The second-order valence-corrected chi connectivity index (χ2v) is 4.74. The van der Waals surface area contributed by atoms with E-state index in [1.807, 2.05) is 25.8 Å². The van der Waals surface area contributed by atoms with Crippen molar-refractivity contribution in [1.82, 2.24) is 15.0 Å². The van der Waals surface area contributed by atoms with E-state index in [9.17, 15) is 5.11 Å². The summed E-state index contributed by atoms with van der Waals surface area (Å²) in [5, 5.41) is 9.75. The highest BCUT2D eigenvalue weighted by Gasteiger charge is 2.13. The van der Waals surface area contributed by atoms with Crippen molar-refractivity contribution >= 4 is 17.4 Å². The molecule has 2 aromatic heterocycles. The lowest BCUT2D eigenvalue weighted by molar-refractivity contribution is 0.472. The van der Waals surface area contributed by atoms with Crippen LogP contribution < -0.4 is 4.90 Å². The molecule has 2 rings (SSSR count). The van der Waals surface area contributed by atoms with E-state index >= 15 is 0 Å². The molecule has 5 nitrogen and oxygen atoms in total. The predicted molar refractivity (Wildman–Crippen MR) is 74.5 cm³/mol. The van der Waals surface area contributed by atoms with Gasteiger partial charge in [-0.05, 0) is 26.0 Å². The van der Waals surface area contributed by atoms with Crippen LogP contribution in [0.2, 0.25) is 5.02 Å². The van der Waals surface area contributed by atoms with E-state index in [4.69, 9.17) is 11.6 Å². The Bertz CT molecular complexity index is 586. The molecule has 0 aliphatic carbocycles. The monoisotopic (exact) mass is 278 g/mol. The van der Waals surface area contributed by atoms with E-state index in [0.29, 0.717) is 23.2 Å². The van der Waals surface area contributed by atoms with E-state index in [1.54, 1.807) is 12.1 Å². The lowest BCUT2D eigenvalue weighted by Crippen LogP contribution is -2.20. The van der Waals surface area contributed by atoms with Gasteiger partial charge in [0.15, 0.2) is 5.82 Å². The lowest BCUT2D eigenvalue weighted by atomic mass is 10.3. The lowest BCUT2D eigenvalue weighted by Gasteiger charge is -2.20. The molecule has 0 saturated heterocycles. The molecular formula is C13H15ClN4O. The summed E-state index contributed by atoms with van der Waals surface area (Å²) in [6.07, 6.45) is 1.42. The SMILES string of the molecule is Cc1nc(C)c(Cl)c(N(C)Cc2ccc(O)cn2)n1. The molecule has 0 aromatic carbocycles. The number of anilines is 1. The molecular weight excluding hydrogens is 264 g/mol. The molecule has 0 unspecified atom stereocenters. The van der Waals surface area contributed by atoms with Crippen LogP contribution in [0.4, 0.5) is 5.82 Å². The maximum Gasteiger partial charge on any atom is 0.151 e. The van der Waals surface area contributed by atoms with Crippen LogP contribution in [0.3, 0.4) is 0 Å². The highest BCUT2D eigenvalue weighted by atomic mass is 35.5. The van der Waals surface area contributed by atoms with E-state index in [1.165, 1.54) is 6.20 Å². The van der Waals surface area contributed by atoms with Gasteiger partial charge in [-0.1, -0.05) is 11.6 Å². The highest BCUT2D eigenvalue weighted by molar-refractivity contribution is 6.33. The number of aromatic hydroxyl groups is 1. The quantitative estimate of drug-likeness (QED) is 0.934. The van der Waals surface area contributed by atoms with Gasteiger partial charge < -0.3 is 10.0 Å². The summed E-state index contributed by atoms with van der Waals surface area (Å²) in [5.41, 5.74) is 1.58. The fraction of sp³-hybridized carbons (Fsp3) is 0.308. The fourth-order valence-electron chi connectivity index (χ4n) is 1.76. The minimum atomic E-state index is 0.151. The minimum Gasteiger partial charge on any atom is -0.506 e. The molecule has 1 N–H and O–H groups in total. The number of pyridine rings is 1. The van der Waals surface area contributed by atoms with Crippen LogP contribution in [-0.4, -0.2) is 27.1 Å². The van der Waals surface area contributed by atoms with Gasteiger partial charge in [-0.15, -0.1) is 0 Å². The van der Waals surface area contributed by atoms with Crippen molar-refractivity contribution in [3.63, 3.8) is 0 Å². The fourth-order valence-corrected chi connectivity index (χ4v) is 1.99. The Morgan fingerprint density at radius 2 is 2.00 bits per heavy atom. The summed E-state index contributed by atoms with van der Waals surface area (Å²) in [7, 11) is 1.89. The maximum atomic E-state index is 9.21. The number of hydrogen-bond donors (Lipinski definition) is 1. The number of hydrogen-bond acceptors (Lipinski definition) is 5. The molecule has 0 spiro atoms. The third-order valence-corrected chi connectivity index (χ3v) is 3.12. The second-order valence-electron chi connectivity index (χ2n) is 4.36. The summed E-state index contributed by atoms with van der Waals surface area (Å²) in [5.74, 6) is 1.52. The molecule has 100 valence electrons. The number of halogens is 1. The molecule has 0 bridgehead atoms. The Balaban J connectivity index is 2.24. The largest absolute Gasteiger partial charge is 0.506 e. The molecule has 0 aliphatic rings.